The van der Waals surface area contributed by atoms with Crippen LogP contribution < -0.4 is 15.4 Å². The number of carbonyl (C=O) groups is 2. The Labute approximate surface area is 268 Å². The molecule has 1 aliphatic carbocycles. The summed E-state index contributed by atoms with van der Waals surface area (Å²) in [6.07, 6.45) is 5.22. The largest absolute Gasteiger partial charge is 0.478 e. The summed E-state index contributed by atoms with van der Waals surface area (Å²) in [5.74, 6) is -8.38. The van der Waals surface area contributed by atoms with E-state index in [-0.39, 0.29) is 16.7 Å². The maximum atomic E-state index is 13.8. The highest BCUT2D eigenvalue weighted by Gasteiger charge is 2.52. The maximum Gasteiger partial charge on any atom is 0.361 e. The average molecular weight is 689 g/mol. The maximum absolute atomic E-state index is 13.8. The molecule has 1 amide bonds. The van der Waals surface area contributed by atoms with Crippen molar-refractivity contribution < 1.29 is 49.8 Å². The van der Waals surface area contributed by atoms with Crippen molar-refractivity contribution in [1.82, 2.24) is 5.32 Å². The van der Waals surface area contributed by atoms with Crippen LogP contribution >= 0.6 is 0 Å². The lowest BCUT2D eigenvalue weighted by atomic mass is 9.86. The molecule has 0 aromatic heterocycles. The van der Waals surface area contributed by atoms with Crippen molar-refractivity contribution in [2.75, 3.05) is 43.4 Å². The van der Waals surface area contributed by atoms with Gasteiger partial charge in [-0.15, -0.1) is 6.58 Å². The summed E-state index contributed by atoms with van der Waals surface area (Å²) in [7, 11) is -7.28. The van der Waals surface area contributed by atoms with Crippen LogP contribution in [0.15, 0.2) is 77.7 Å². The molecule has 0 bridgehead atoms. The summed E-state index contributed by atoms with van der Waals surface area (Å²) >= 11 is 0. The van der Waals surface area contributed by atoms with E-state index in [1.807, 2.05) is 12.2 Å². The number of aromatic carboxylic acids is 1. The van der Waals surface area contributed by atoms with Gasteiger partial charge in [0.05, 0.1) is 24.4 Å². The Kier molecular flexibility index (Phi) is 7.72. The van der Waals surface area contributed by atoms with Crippen molar-refractivity contribution in [2.45, 2.75) is 18.4 Å². The summed E-state index contributed by atoms with van der Waals surface area (Å²) in [6.45, 7) is 3.88. The smallest absolute Gasteiger partial charge is 0.361 e. The Hall–Kier alpha value is -4.34. The number of carboxylic acid groups (broad SMARTS) is 1. The van der Waals surface area contributed by atoms with Gasteiger partial charge in [-0.05, 0) is 69.1 Å². The van der Waals surface area contributed by atoms with Crippen LogP contribution in [-0.4, -0.2) is 98.6 Å². The van der Waals surface area contributed by atoms with E-state index in [0.29, 0.717) is 28.1 Å². The molecular weight excluding hydrogens is 659 g/mol. The predicted molar refractivity (Wildman–Crippen MR) is 170 cm³/mol. The third-order valence-corrected chi connectivity index (χ3v) is 13.5. The van der Waals surface area contributed by atoms with Crippen molar-refractivity contribution >= 4 is 52.2 Å². The first-order chi connectivity index (χ1) is 21.9. The van der Waals surface area contributed by atoms with Crippen molar-refractivity contribution in [3.8, 4) is 0 Å². The first-order valence-corrected chi connectivity index (χ1v) is 18.8. The summed E-state index contributed by atoms with van der Waals surface area (Å²) in [5.41, 5.74) is 4.58. The second-order valence-electron chi connectivity index (χ2n) is 12.3. The van der Waals surface area contributed by atoms with Crippen LogP contribution in [0, 0.1) is 0 Å². The molecular formula is C32H30F4N3O6SSi+. The van der Waals surface area contributed by atoms with Crippen LogP contribution in [0.1, 0.15) is 31.8 Å². The highest BCUT2D eigenvalue weighted by molar-refractivity contribution is 7.85. The molecule has 4 aliphatic rings. The Morgan fingerprint density at radius 3 is 2.36 bits per heavy atom. The number of fused-ring (bicyclic) bond motifs is 2. The van der Waals surface area contributed by atoms with Crippen molar-refractivity contribution in [3.05, 3.63) is 99.9 Å². The number of carbonyl (C=O) groups excluding carboxylic acids is 1. The van der Waals surface area contributed by atoms with E-state index in [1.165, 1.54) is 27.7 Å². The zero-order valence-electron chi connectivity index (χ0n) is 25.1. The minimum absolute atomic E-state index is 0.0177. The van der Waals surface area contributed by atoms with Crippen molar-refractivity contribution in [1.29, 1.82) is 0 Å². The molecule has 47 heavy (non-hydrogen) atoms. The molecule has 2 aromatic rings. The molecule has 15 heteroatoms. The number of nitrogens with one attached hydrogen (secondary N) is 1. The zero-order valence-corrected chi connectivity index (χ0v) is 26.9. The predicted octanol–water partition coefficient (Wildman–Crippen LogP) is 3.42. The van der Waals surface area contributed by atoms with Gasteiger partial charge in [-0.3, -0.25) is 9.35 Å². The quantitative estimate of drug-likeness (QED) is 0.168. The standard InChI is InChI=1S/C32H29F4N3O6SSi/c1-3-47(2)26-13-20(38-15-31(33,34)16-38)5-8-23(26)28(24-9-6-21(14-27(24)47)39-17-32(35,36)18-39)25-12-19(4-7-22(25)30(41)42)29(40)37-10-11-46(43,44)45/h3-9,12-14H,1,10-11,15-18H2,2H3,(H2-,37,40,41,42,43,44,45)/p+1. The van der Waals surface area contributed by atoms with Gasteiger partial charge in [0.25, 0.3) is 21.9 Å². The van der Waals surface area contributed by atoms with Crippen molar-refractivity contribution in [3.63, 3.8) is 0 Å². The summed E-state index contributed by atoms with van der Waals surface area (Å²) in [6, 6.07) is 9.14. The zero-order chi connectivity index (χ0) is 34.1. The molecule has 246 valence electrons. The number of carboxylic acids is 1. The monoisotopic (exact) mass is 688 g/mol. The van der Waals surface area contributed by atoms with Gasteiger partial charge in [-0.25, -0.2) is 18.2 Å². The average Bonchev–Trinajstić information content (AvgIpc) is 2.97. The molecule has 3 N–H and O–H groups in total. The van der Waals surface area contributed by atoms with E-state index in [4.69, 9.17) is 4.55 Å². The van der Waals surface area contributed by atoms with E-state index in [1.54, 1.807) is 36.4 Å². The Morgan fingerprint density at radius 1 is 1.06 bits per heavy atom. The fourth-order valence-corrected chi connectivity index (χ4v) is 9.94. The number of halogens is 4. The minimum Gasteiger partial charge on any atom is -0.478 e. The van der Waals surface area contributed by atoms with Gasteiger partial charge < -0.3 is 15.3 Å². The number of benzene rings is 2. The summed E-state index contributed by atoms with van der Waals surface area (Å²) in [4.78, 5) is 27.1. The normalized spacial score (nSPS) is 22.4. The summed E-state index contributed by atoms with van der Waals surface area (Å²) in [5, 5.41) is 14.1. The van der Waals surface area contributed by atoms with Gasteiger partial charge in [0.15, 0.2) is 5.71 Å². The third-order valence-electron chi connectivity index (χ3n) is 8.92. The number of amides is 1. The minimum atomic E-state index is -4.34. The van der Waals surface area contributed by atoms with E-state index < -0.39 is 80.4 Å². The van der Waals surface area contributed by atoms with E-state index >= 15 is 0 Å². The van der Waals surface area contributed by atoms with Crippen LogP contribution in [0.5, 0.6) is 0 Å². The fourth-order valence-electron chi connectivity index (χ4n) is 6.42. The number of hydrogen-bond acceptors (Lipinski definition) is 5. The molecule has 3 heterocycles. The van der Waals surface area contributed by atoms with Crippen LogP contribution in [0.4, 0.5) is 23.2 Å². The molecule has 1 atom stereocenters. The van der Waals surface area contributed by atoms with Gasteiger partial charge >= 0.3 is 11.9 Å². The lowest BCUT2D eigenvalue weighted by Gasteiger charge is -2.43. The van der Waals surface area contributed by atoms with Crippen LogP contribution in [-0.2, 0) is 10.1 Å². The Bertz CT molecular complexity index is 1990. The molecule has 0 spiro atoms. The SMILES string of the molecule is C=C[Si]1(C)C2=CC(=[N+]3CC(F)(F)C3)C=CC2=C(c2cc(C(=O)NCCS(=O)(=O)O)ccc2C(=O)O)c2ccc(N3CC(F)(F)C3)cc21. The second-order valence-corrected chi connectivity index (χ2v) is 17.7. The van der Waals surface area contributed by atoms with E-state index in [0.717, 1.165) is 10.4 Å². The van der Waals surface area contributed by atoms with E-state index in [9.17, 15) is 40.7 Å². The van der Waals surface area contributed by atoms with Crippen molar-refractivity contribution in [2.24, 2.45) is 0 Å². The first kappa shape index (κ1) is 32.6. The number of nitrogens with zero attached hydrogens (tertiary/aromatic N) is 2. The molecule has 3 aliphatic heterocycles. The highest BCUT2D eigenvalue weighted by Crippen LogP contribution is 2.44. The number of allylic oxidation sites excluding steroid dienone is 5. The molecule has 6 rings (SSSR count). The lowest BCUT2D eigenvalue weighted by Crippen LogP contribution is -2.57. The molecule has 0 radical (unpaired) electrons. The number of rotatable bonds is 8. The van der Waals surface area contributed by atoms with Crippen LogP contribution in [0.25, 0.3) is 5.57 Å². The lowest BCUT2D eigenvalue weighted by molar-refractivity contribution is -0.638. The molecule has 1 unspecified atom stereocenters. The molecule has 2 aromatic carbocycles. The Morgan fingerprint density at radius 2 is 1.77 bits per heavy atom. The summed E-state index contributed by atoms with van der Waals surface area (Å²) < 4.78 is 88.2. The van der Waals surface area contributed by atoms with Gasteiger partial charge in [0, 0.05) is 29.9 Å². The molecule has 2 saturated heterocycles. The molecule has 2 fully saturated rings. The van der Waals surface area contributed by atoms with Crippen LogP contribution in [0.3, 0.4) is 0 Å². The third kappa shape index (κ3) is 5.98. The Balaban J connectivity index is 1.56. The molecule has 0 saturated carbocycles. The van der Waals surface area contributed by atoms with Gasteiger partial charge in [-0.2, -0.15) is 17.2 Å². The van der Waals surface area contributed by atoms with Gasteiger partial charge in [0.2, 0.25) is 13.1 Å². The van der Waals surface area contributed by atoms with Gasteiger partial charge in [0.1, 0.15) is 8.07 Å². The number of anilines is 1. The number of hydrogen-bond donors (Lipinski definition) is 3. The van der Waals surface area contributed by atoms with E-state index in [2.05, 4.69) is 11.9 Å². The van der Waals surface area contributed by atoms with Gasteiger partial charge in [-0.1, -0.05) is 18.3 Å². The second kappa shape index (κ2) is 11.1. The topological polar surface area (TPSA) is 127 Å². The fraction of sp³-hybridized carbons (Fsp3) is 0.281. The van der Waals surface area contributed by atoms with Crippen LogP contribution in [0.2, 0.25) is 6.55 Å². The molecule has 9 nitrogen and oxygen atoms in total. The highest BCUT2D eigenvalue weighted by atomic mass is 32.2. The first-order valence-electron chi connectivity index (χ1n) is 14.6. The number of alkyl halides is 4.